The molecule has 0 unspecified atom stereocenters. The van der Waals surface area contributed by atoms with Gasteiger partial charge in [-0.1, -0.05) is 12.1 Å². The van der Waals surface area contributed by atoms with Crippen molar-refractivity contribution < 1.29 is 17.9 Å². The van der Waals surface area contributed by atoms with Gasteiger partial charge in [-0.25, -0.2) is 8.42 Å². The van der Waals surface area contributed by atoms with Gasteiger partial charge < -0.3 is 4.74 Å². The number of aryl methyl sites for hydroxylation is 1. The van der Waals surface area contributed by atoms with Gasteiger partial charge in [0.15, 0.2) is 9.84 Å². The SMILES string of the molecule is CCOC(=O)Cc1ccc2c(c1)CCCS2(=O)=O. The van der Waals surface area contributed by atoms with Gasteiger partial charge in [-0.15, -0.1) is 0 Å². The van der Waals surface area contributed by atoms with Crippen molar-refractivity contribution in [1.29, 1.82) is 0 Å². The summed E-state index contributed by atoms with van der Waals surface area (Å²) in [5, 5.41) is 0. The largest absolute Gasteiger partial charge is 0.466 e. The van der Waals surface area contributed by atoms with E-state index in [4.69, 9.17) is 4.74 Å². The highest BCUT2D eigenvalue weighted by molar-refractivity contribution is 7.91. The Morgan fingerprint density at radius 3 is 2.89 bits per heavy atom. The summed E-state index contributed by atoms with van der Waals surface area (Å²) in [5.41, 5.74) is 1.63. The van der Waals surface area contributed by atoms with Gasteiger partial charge in [0.25, 0.3) is 0 Å². The number of sulfone groups is 1. The van der Waals surface area contributed by atoms with Crippen molar-refractivity contribution in [2.24, 2.45) is 0 Å². The molecule has 1 aliphatic heterocycles. The van der Waals surface area contributed by atoms with Gasteiger partial charge in [-0.3, -0.25) is 4.79 Å². The molecule has 0 radical (unpaired) electrons. The van der Waals surface area contributed by atoms with E-state index in [1.165, 1.54) is 0 Å². The zero-order valence-electron chi connectivity index (χ0n) is 10.3. The Morgan fingerprint density at radius 2 is 2.17 bits per heavy atom. The smallest absolute Gasteiger partial charge is 0.310 e. The number of hydrogen-bond donors (Lipinski definition) is 0. The molecule has 0 N–H and O–H groups in total. The van der Waals surface area contributed by atoms with Crippen LogP contribution in [0.15, 0.2) is 23.1 Å². The van der Waals surface area contributed by atoms with Crippen LogP contribution in [-0.2, 0) is 32.2 Å². The summed E-state index contributed by atoms with van der Waals surface area (Å²) < 4.78 is 28.5. The highest BCUT2D eigenvalue weighted by Gasteiger charge is 2.23. The molecular weight excluding hydrogens is 252 g/mol. The minimum absolute atomic E-state index is 0.196. The topological polar surface area (TPSA) is 60.4 Å². The predicted octanol–water partition coefficient (Wildman–Crippen LogP) is 1.51. The molecule has 0 bridgehead atoms. The molecule has 0 aromatic heterocycles. The van der Waals surface area contributed by atoms with E-state index in [1.807, 2.05) is 6.07 Å². The van der Waals surface area contributed by atoms with Crippen molar-refractivity contribution in [2.75, 3.05) is 12.4 Å². The van der Waals surface area contributed by atoms with Gasteiger partial charge in [-0.2, -0.15) is 0 Å². The third kappa shape index (κ3) is 2.72. The molecule has 0 aliphatic carbocycles. The van der Waals surface area contributed by atoms with Gasteiger partial charge in [0.1, 0.15) is 0 Å². The van der Waals surface area contributed by atoms with Crippen molar-refractivity contribution >= 4 is 15.8 Å². The third-order valence-electron chi connectivity index (χ3n) is 2.97. The first-order valence-electron chi connectivity index (χ1n) is 6.03. The summed E-state index contributed by atoms with van der Waals surface area (Å²) in [6, 6.07) is 5.11. The van der Waals surface area contributed by atoms with Crippen molar-refractivity contribution in [2.45, 2.75) is 31.1 Å². The number of fused-ring (bicyclic) bond motifs is 1. The third-order valence-corrected chi connectivity index (χ3v) is 4.87. The fourth-order valence-electron chi connectivity index (χ4n) is 2.18. The maximum absolute atomic E-state index is 11.8. The molecule has 5 heteroatoms. The Bertz CT molecular complexity index is 560. The van der Waals surface area contributed by atoms with Crippen LogP contribution in [0.3, 0.4) is 0 Å². The Kier molecular flexibility index (Phi) is 3.71. The van der Waals surface area contributed by atoms with Gasteiger partial charge in [-0.05, 0) is 37.0 Å². The maximum Gasteiger partial charge on any atom is 0.310 e. The number of carbonyl (C=O) groups is 1. The second kappa shape index (κ2) is 5.10. The first kappa shape index (κ1) is 13.1. The van der Waals surface area contributed by atoms with Crippen molar-refractivity contribution in [3.05, 3.63) is 29.3 Å². The van der Waals surface area contributed by atoms with E-state index in [1.54, 1.807) is 19.1 Å². The van der Waals surface area contributed by atoms with Crippen LogP contribution >= 0.6 is 0 Å². The Labute approximate surface area is 107 Å². The number of esters is 1. The second-order valence-electron chi connectivity index (χ2n) is 4.35. The number of hydrogen-bond acceptors (Lipinski definition) is 4. The lowest BCUT2D eigenvalue weighted by molar-refractivity contribution is -0.142. The molecular formula is C13H16O4S. The molecule has 4 nitrogen and oxygen atoms in total. The van der Waals surface area contributed by atoms with Crippen LogP contribution in [0.1, 0.15) is 24.5 Å². The van der Waals surface area contributed by atoms with E-state index < -0.39 is 9.84 Å². The van der Waals surface area contributed by atoms with Crippen molar-refractivity contribution in [3.63, 3.8) is 0 Å². The molecule has 0 fully saturated rings. The summed E-state index contributed by atoms with van der Waals surface area (Å²) in [6.45, 7) is 2.12. The molecule has 0 amide bonds. The van der Waals surface area contributed by atoms with E-state index in [0.29, 0.717) is 17.9 Å². The average molecular weight is 268 g/mol. The van der Waals surface area contributed by atoms with E-state index >= 15 is 0 Å². The molecule has 0 saturated heterocycles. The molecule has 1 aromatic carbocycles. The average Bonchev–Trinajstić information content (AvgIpc) is 2.28. The summed E-state index contributed by atoms with van der Waals surface area (Å²) in [6.07, 6.45) is 1.60. The standard InChI is InChI=1S/C13H16O4S/c1-2-17-13(14)9-10-5-6-12-11(8-10)4-3-7-18(12,15)16/h5-6,8H,2-4,7,9H2,1H3. The normalized spacial score (nSPS) is 16.9. The predicted molar refractivity (Wildman–Crippen MR) is 67.2 cm³/mol. The second-order valence-corrected chi connectivity index (χ2v) is 6.42. The monoisotopic (exact) mass is 268 g/mol. The van der Waals surface area contributed by atoms with Crippen LogP contribution in [0.2, 0.25) is 0 Å². The summed E-state index contributed by atoms with van der Waals surface area (Å²) in [4.78, 5) is 11.8. The highest BCUT2D eigenvalue weighted by Crippen LogP contribution is 2.26. The van der Waals surface area contributed by atoms with E-state index in [0.717, 1.165) is 17.5 Å². The molecule has 98 valence electrons. The lowest BCUT2D eigenvalue weighted by Crippen LogP contribution is -2.16. The number of benzene rings is 1. The molecule has 18 heavy (non-hydrogen) atoms. The van der Waals surface area contributed by atoms with Crippen molar-refractivity contribution in [1.82, 2.24) is 0 Å². The molecule has 0 saturated carbocycles. The lowest BCUT2D eigenvalue weighted by Gasteiger charge is -2.16. The fraction of sp³-hybridized carbons (Fsp3) is 0.462. The molecule has 1 aromatic rings. The van der Waals surface area contributed by atoms with Gasteiger partial charge in [0, 0.05) is 0 Å². The van der Waals surface area contributed by atoms with E-state index in [-0.39, 0.29) is 18.1 Å². The number of carbonyl (C=O) groups excluding carboxylic acids is 1. The van der Waals surface area contributed by atoms with Gasteiger partial charge in [0.05, 0.1) is 23.7 Å². The van der Waals surface area contributed by atoms with Crippen LogP contribution in [0.5, 0.6) is 0 Å². The van der Waals surface area contributed by atoms with Crippen LogP contribution in [0, 0.1) is 0 Å². The van der Waals surface area contributed by atoms with Crippen molar-refractivity contribution in [3.8, 4) is 0 Å². The van der Waals surface area contributed by atoms with Crippen LogP contribution < -0.4 is 0 Å². The summed E-state index contributed by atoms with van der Waals surface area (Å²) in [7, 11) is -3.11. The minimum atomic E-state index is -3.11. The number of ether oxygens (including phenoxy) is 1. The zero-order valence-corrected chi connectivity index (χ0v) is 11.1. The Hall–Kier alpha value is -1.36. The van der Waals surface area contributed by atoms with E-state index in [9.17, 15) is 13.2 Å². The summed E-state index contributed by atoms with van der Waals surface area (Å²) in [5.74, 6) is -0.0619. The zero-order chi connectivity index (χ0) is 13.2. The van der Waals surface area contributed by atoms with Crippen LogP contribution in [0.4, 0.5) is 0 Å². The fourth-order valence-corrected chi connectivity index (χ4v) is 3.76. The molecule has 2 rings (SSSR count). The maximum atomic E-state index is 11.8. The lowest BCUT2D eigenvalue weighted by atomic mass is 10.0. The van der Waals surface area contributed by atoms with Crippen LogP contribution in [-0.4, -0.2) is 26.7 Å². The van der Waals surface area contributed by atoms with E-state index in [2.05, 4.69) is 0 Å². The molecule has 0 atom stereocenters. The summed E-state index contributed by atoms with van der Waals surface area (Å²) >= 11 is 0. The minimum Gasteiger partial charge on any atom is -0.466 e. The number of rotatable bonds is 3. The van der Waals surface area contributed by atoms with Gasteiger partial charge >= 0.3 is 5.97 Å². The first-order chi connectivity index (χ1) is 8.53. The molecule has 1 aliphatic rings. The highest BCUT2D eigenvalue weighted by atomic mass is 32.2. The molecule has 0 spiro atoms. The van der Waals surface area contributed by atoms with Crippen LogP contribution in [0.25, 0.3) is 0 Å². The quantitative estimate of drug-likeness (QED) is 0.780. The van der Waals surface area contributed by atoms with Gasteiger partial charge in [0.2, 0.25) is 0 Å². The first-order valence-corrected chi connectivity index (χ1v) is 7.68. The Balaban J connectivity index is 2.25. The molecule has 1 heterocycles. The Morgan fingerprint density at radius 1 is 1.39 bits per heavy atom.